The van der Waals surface area contributed by atoms with Gasteiger partial charge in [0.1, 0.15) is 0 Å². The Morgan fingerprint density at radius 3 is 2.72 bits per heavy atom. The van der Waals surface area contributed by atoms with Gasteiger partial charge in [-0.15, -0.1) is 0 Å². The molecule has 0 radical (unpaired) electrons. The molecule has 152 valence electrons. The van der Waals surface area contributed by atoms with Gasteiger partial charge in [-0.1, -0.05) is 19.1 Å². The lowest BCUT2D eigenvalue weighted by Gasteiger charge is -2.44. The molecule has 7 nitrogen and oxygen atoms in total. The summed E-state index contributed by atoms with van der Waals surface area (Å²) in [4.78, 5) is 20.2. The molecule has 1 aromatic heterocycles. The Morgan fingerprint density at radius 2 is 2.03 bits per heavy atom. The van der Waals surface area contributed by atoms with Gasteiger partial charge < -0.3 is 10.5 Å². The SMILES string of the molecule is COc1cncc(-c2ccc3c(c2)C2(N=C(N)N(C)O2)C2(CCC(C)CC2)C3)n1. The minimum atomic E-state index is -0.760. The molecular formula is C22H27N5O2. The van der Waals surface area contributed by atoms with E-state index in [1.165, 1.54) is 18.4 Å². The summed E-state index contributed by atoms with van der Waals surface area (Å²) in [6.45, 7) is 2.33. The molecule has 0 saturated heterocycles. The molecule has 5 rings (SSSR count). The van der Waals surface area contributed by atoms with Gasteiger partial charge in [-0.05, 0) is 49.7 Å². The van der Waals surface area contributed by atoms with Crippen LogP contribution in [0.4, 0.5) is 0 Å². The van der Waals surface area contributed by atoms with E-state index in [1.54, 1.807) is 24.6 Å². The first kappa shape index (κ1) is 18.4. The molecule has 1 unspecified atom stereocenters. The van der Waals surface area contributed by atoms with Gasteiger partial charge in [0.25, 0.3) is 0 Å². The van der Waals surface area contributed by atoms with E-state index in [0.29, 0.717) is 11.8 Å². The zero-order valence-electron chi connectivity index (χ0n) is 17.2. The second kappa shape index (κ2) is 6.42. The largest absolute Gasteiger partial charge is 0.480 e. The van der Waals surface area contributed by atoms with E-state index >= 15 is 0 Å². The third-order valence-corrected chi connectivity index (χ3v) is 6.94. The number of rotatable bonds is 2. The summed E-state index contributed by atoms with van der Waals surface area (Å²) in [6.07, 6.45) is 8.87. The van der Waals surface area contributed by atoms with Gasteiger partial charge in [0.2, 0.25) is 17.6 Å². The van der Waals surface area contributed by atoms with E-state index in [4.69, 9.17) is 20.3 Å². The molecule has 3 aliphatic rings. The van der Waals surface area contributed by atoms with Crippen molar-refractivity contribution in [3.63, 3.8) is 0 Å². The number of aliphatic imine (C=N–C) groups is 1. The van der Waals surface area contributed by atoms with Crippen LogP contribution in [0.3, 0.4) is 0 Å². The van der Waals surface area contributed by atoms with Crippen LogP contribution < -0.4 is 10.5 Å². The van der Waals surface area contributed by atoms with Gasteiger partial charge in [0.05, 0.1) is 25.2 Å². The van der Waals surface area contributed by atoms with Crippen molar-refractivity contribution < 1.29 is 9.57 Å². The average Bonchev–Trinajstić information content (AvgIpc) is 3.18. The maximum absolute atomic E-state index is 6.46. The highest BCUT2D eigenvalue weighted by molar-refractivity contribution is 5.79. The predicted molar refractivity (Wildman–Crippen MR) is 110 cm³/mol. The lowest BCUT2D eigenvalue weighted by atomic mass is 9.65. The van der Waals surface area contributed by atoms with Gasteiger partial charge in [-0.3, -0.25) is 4.98 Å². The first-order valence-electron chi connectivity index (χ1n) is 10.2. The number of methoxy groups -OCH3 is 1. The van der Waals surface area contributed by atoms with E-state index in [2.05, 4.69) is 35.1 Å². The molecule has 1 saturated carbocycles. The maximum Gasteiger partial charge on any atom is 0.232 e. The van der Waals surface area contributed by atoms with Crippen molar-refractivity contribution in [3.05, 3.63) is 41.7 Å². The summed E-state index contributed by atoms with van der Waals surface area (Å²) in [5.41, 5.74) is 9.51. The fourth-order valence-electron chi connectivity index (χ4n) is 5.21. The Balaban J connectivity index is 1.64. The van der Waals surface area contributed by atoms with Gasteiger partial charge in [-0.25, -0.2) is 19.9 Å². The Morgan fingerprint density at radius 1 is 1.24 bits per heavy atom. The molecule has 2 spiro atoms. The number of aromatic nitrogens is 2. The number of nitrogens with zero attached hydrogens (tertiary/aromatic N) is 4. The Labute approximate surface area is 170 Å². The topological polar surface area (TPSA) is 85.9 Å². The van der Waals surface area contributed by atoms with E-state index in [9.17, 15) is 0 Å². The van der Waals surface area contributed by atoms with Crippen LogP contribution in [0.25, 0.3) is 11.3 Å². The molecule has 2 aliphatic carbocycles. The van der Waals surface area contributed by atoms with Crippen molar-refractivity contribution in [1.29, 1.82) is 0 Å². The summed E-state index contributed by atoms with van der Waals surface area (Å²) < 4.78 is 5.25. The Hall–Kier alpha value is -2.67. The number of fused-ring (bicyclic) bond motifs is 3. The molecule has 0 amide bonds. The summed E-state index contributed by atoms with van der Waals surface area (Å²) in [6, 6.07) is 6.45. The molecule has 7 heteroatoms. The van der Waals surface area contributed by atoms with Crippen LogP contribution in [0.15, 0.2) is 35.6 Å². The number of nitrogens with two attached hydrogens (primary N) is 1. The predicted octanol–water partition coefficient (Wildman–Crippen LogP) is 3.25. The Kier molecular flexibility index (Phi) is 4.07. The fourth-order valence-corrected chi connectivity index (χ4v) is 5.21. The summed E-state index contributed by atoms with van der Waals surface area (Å²) in [7, 11) is 3.43. The second-order valence-corrected chi connectivity index (χ2v) is 8.66. The third kappa shape index (κ3) is 2.64. The van der Waals surface area contributed by atoms with Crippen molar-refractivity contribution in [2.45, 2.75) is 44.8 Å². The highest BCUT2D eigenvalue weighted by Gasteiger charge is 2.63. The van der Waals surface area contributed by atoms with Crippen LogP contribution in [-0.4, -0.2) is 35.1 Å². The fraction of sp³-hybridized carbons (Fsp3) is 0.500. The molecule has 1 fully saturated rings. The highest BCUT2D eigenvalue weighted by atomic mass is 16.7. The van der Waals surface area contributed by atoms with E-state index in [0.717, 1.165) is 42.0 Å². The minimum absolute atomic E-state index is 0.0596. The average molecular weight is 393 g/mol. The van der Waals surface area contributed by atoms with Crippen molar-refractivity contribution in [2.75, 3.05) is 14.2 Å². The van der Waals surface area contributed by atoms with Crippen molar-refractivity contribution in [3.8, 4) is 17.1 Å². The van der Waals surface area contributed by atoms with E-state index in [-0.39, 0.29) is 5.41 Å². The lowest BCUT2D eigenvalue weighted by Crippen LogP contribution is -2.45. The number of benzene rings is 1. The standard InChI is InChI=1S/C22H27N5O2/c1-14-6-8-21(9-7-14)11-16-5-4-15(18-12-24-13-19(25-18)28-3)10-17(16)22(21)26-20(23)27(2)29-22/h4-5,10,12-14H,6-9,11H2,1-3H3,(H2,23,26). The molecule has 29 heavy (non-hydrogen) atoms. The molecular weight excluding hydrogens is 366 g/mol. The zero-order chi connectivity index (χ0) is 20.2. The Bertz CT molecular complexity index is 983. The molecule has 2 aromatic rings. The zero-order valence-corrected chi connectivity index (χ0v) is 17.2. The first-order chi connectivity index (χ1) is 14.0. The monoisotopic (exact) mass is 393 g/mol. The van der Waals surface area contributed by atoms with Gasteiger partial charge in [0, 0.05) is 23.6 Å². The normalized spacial score (nSPS) is 30.7. The first-order valence-corrected chi connectivity index (χ1v) is 10.2. The number of hydrogen-bond donors (Lipinski definition) is 1. The smallest absolute Gasteiger partial charge is 0.232 e. The van der Waals surface area contributed by atoms with Gasteiger partial charge in [0.15, 0.2) is 0 Å². The van der Waals surface area contributed by atoms with Crippen LogP contribution in [0.5, 0.6) is 5.88 Å². The summed E-state index contributed by atoms with van der Waals surface area (Å²) >= 11 is 0. The molecule has 1 atom stereocenters. The minimum Gasteiger partial charge on any atom is -0.480 e. The third-order valence-electron chi connectivity index (χ3n) is 6.94. The molecule has 1 aliphatic heterocycles. The van der Waals surface area contributed by atoms with E-state index < -0.39 is 5.72 Å². The molecule has 2 N–H and O–H groups in total. The molecule has 2 heterocycles. The van der Waals surface area contributed by atoms with Crippen LogP contribution in [0.1, 0.15) is 43.7 Å². The summed E-state index contributed by atoms with van der Waals surface area (Å²) in [5, 5.41) is 1.62. The number of hydroxylamine groups is 2. The number of guanidine groups is 1. The van der Waals surface area contributed by atoms with Gasteiger partial charge >= 0.3 is 0 Å². The maximum atomic E-state index is 6.46. The van der Waals surface area contributed by atoms with E-state index in [1.807, 2.05) is 7.05 Å². The molecule has 1 aromatic carbocycles. The quantitative estimate of drug-likeness (QED) is 0.843. The molecule has 0 bridgehead atoms. The summed E-state index contributed by atoms with van der Waals surface area (Å²) in [5.74, 6) is 1.67. The van der Waals surface area contributed by atoms with Crippen LogP contribution >= 0.6 is 0 Å². The highest BCUT2D eigenvalue weighted by Crippen LogP contribution is 2.62. The van der Waals surface area contributed by atoms with Crippen molar-refractivity contribution >= 4 is 5.96 Å². The van der Waals surface area contributed by atoms with Crippen LogP contribution in [-0.2, 0) is 17.0 Å². The van der Waals surface area contributed by atoms with Crippen molar-refractivity contribution in [2.24, 2.45) is 22.1 Å². The van der Waals surface area contributed by atoms with Crippen LogP contribution in [0.2, 0.25) is 0 Å². The number of ether oxygens (including phenoxy) is 1. The second-order valence-electron chi connectivity index (χ2n) is 8.66. The number of hydrogen-bond acceptors (Lipinski definition) is 7. The van der Waals surface area contributed by atoms with Gasteiger partial charge in [-0.2, -0.15) is 0 Å². The van der Waals surface area contributed by atoms with Crippen LogP contribution in [0, 0.1) is 11.3 Å². The lowest BCUT2D eigenvalue weighted by molar-refractivity contribution is -0.229. The van der Waals surface area contributed by atoms with Crippen molar-refractivity contribution in [1.82, 2.24) is 15.0 Å².